The summed E-state index contributed by atoms with van der Waals surface area (Å²) in [5.41, 5.74) is -2.43. The van der Waals surface area contributed by atoms with E-state index in [1.165, 1.54) is 0 Å². The van der Waals surface area contributed by atoms with Gasteiger partial charge < -0.3 is 10.2 Å². The van der Waals surface area contributed by atoms with Crippen LogP contribution < -0.4 is 0 Å². The van der Waals surface area contributed by atoms with E-state index in [9.17, 15) is 41.4 Å². The van der Waals surface area contributed by atoms with Crippen molar-refractivity contribution in [3.63, 3.8) is 0 Å². The van der Waals surface area contributed by atoms with E-state index in [0.717, 1.165) is 18.3 Å². The number of carboxylic acids is 1. The molecule has 2 unspecified atom stereocenters. The van der Waals surface area contributed by atoms with Gasteiger partial charge in [0.15, 0.2) is 0 Å². The molecule has 0 saturated heterocycles. The van der Waals surface area contributed by atoms with Crippen molar-refractivity contribution in [2.45, 2.75) is 30.8 Å². The molecule has 11 heteroatoms. The summed E-state index contributed by atoms with van der Waals surface area (Å²) in [6.07, 6.45) is -9.82. The number of aromatic nitrogens is 2. The lowest BCUT2D eigenvalue weighted by atomic mass is 9.91. The first kappa shape index (κ1) is 20.6. The molecular weight excluding hydrogens is 382 g/mol. The minimum Gasteiger partial charge on any atom is -0.481 e. The van der Waals surface area contributed by atoms with Gasteiger partial charge in [-0.2, -0.15) is 26.3 Å². The van der Waals surface area contributed by atoms with Gasteiger partial charge >= 0.3 is 18.3 Å². The monoisotopic (exact) mass is 394 g/mol. The maximum atomic E-state index is 12.5. The number of nitrogens with zero attached hydrogens (tertiary/aromatic N) is 2. The molecule has 2 rings (SSSR count). The molecule has 0 aliphatic rings. The number of aliphatic hydroxyl groups excluding tert-OH is 1. The molecule has 2 aromatic heterocycles. The van der Waals surface area contributed by atoms with Crippen molar-refractivity contribution in [3.05, 3.63) is 59.2 Å². The molecule has 0 spiro atoms. The van der Waals surface area contributed by atoms with E-state index in [0.29, 0.717) is 18.3 Å². The molecule has 0 bridgehead atoms. The van der Waals surface area contributed by atoms with Gasteiger partial charge in [0.2, 0.25) is 0 Å². The summed E-state index contributed by atoms with van der Waals surface area (Å²) in [6.45, 7) is 0. The van der Waals surface area contributed by atoms with Crippen LogP contribution in [0.3, 0.4) is 0 Å². The van der Waals surface area contributed by atoms with Gasteiger partial charge in [-0.15, -0.1) is 0 Å². The Balaban J connectivity index is 2.20. The second-order valence-electron chi connectivity index (χ2n) is 5.61. The maximum absolute atomic E-state index is 12.5. The molecule has 0 radical (unpaired) electrons. The van der Waals surface area contributed by atoms with Crippen LogP contribution in [-0.2, 0) is 23.6 Å². The van der Waals surface area contributed by atoms with Crippen molar-refractivity contribution in [2.75, 3.05) is 0 Å². The van der Waals surface area contributed by atoms with Gasteiger partial charge in [0.25, 0.3) is 0 Å². The summed E-state index contributed by atoms with van der Waals surface area (Å²) in [5, 5.41) is 19.4. The first-order valence-electron chi connectivity index (χ1n) is 7.35. The lowest BCUT2D eigenvalue weighted by Crippen LogP contribution is -2.28. The maximum Gasteiger partial charge on any atom is 0.433 e. The SMILES string of the molecule is O=C(O)C(c1ccc(C(F)(F)F)nc1)C(O)Cc1ccc(C(F)(F)F)nc1. The zero-order valence-corrected chi connectivity index (χ0v) is 13.3. The molecule has 2 aromatic rings. The van der Waals surface area contributed by atoms with Crippen molar-refractivity contribution in [3.8, 4) is 0 Å². The third kappa shape index (κ3) is 5.16. The van der Waals surface area contributed by atoms with Gasteiger partial charge in [0.05, 0.1) is 6.10 Å². The average molecular weight is 394 g/mol. The number of aliphatic carboxylic acids is 1. The van der Waals surface area contributed by atoms with E-state index in [2.05, 4.69) is 9.97 Å². The van der Waals surface area contributed by atoms with Crippen LogP contribution in [0.4, 0.5) is 26.3 Å². The summed E-state index contributed by atoms with van der Waals surface area (Å²) in [4.78, 5) is 17.8. The van der Waals surface area contributed by atoms with Crippen LogP contribution in [0.25, 0.3) is 0 Å². The summed E-state index contributed by atoms with van der Waals surface area (Å²) >= 11 is 0. The predicted octanol–water partition coefficient (Wildman–Crippen LogP) is 3.29. The largest absolute Gasteiger partial charge is 0.481 e. The third-order valence-corrected chi connectivity index (χ3v) is 3.65. The van der Waals surface area contributed by atoms with Gasteiger partial charge in [0, 0.05) is 18.8 Å². The third-order valence-electron chi connectivity index (χ3n) is 3.65. The van der Waals surface area contributed by atoms with Crippen LogP contribution in [0, 0.1) is 0 Å². The van der Waals surface area contributed by atoms with Gasteiger partial charge in [-0.1, -0.05) is 12.1 Å². The Morgan fingerprint density at radius 3 is 1.81 bits per heavy atom. The molecule has 0 aliphatic carbocycles. The van der Waals surface area contributed by atoms with Crippen molar-refractivity contribution in [1.82, 2.24) is 9.97 Å². The number of hydrogen-bond acceptors (Lipinski definition) is 4. The topological polar surface area (TPSA) is 83.3 Å². The fourth-order valence-corrected chi connectivity index (χ4v) is 2.36. The molecule has 146 valence electrons. The Bertz CT molecular complexity index is 788. The molecule has 0 saturated carbocycles. The molecular formula is C16H12F6N2O3. The van der Waals surface area contributed by atoms with Gasteiger partial charge in [-0.3, -0.25) is 14.8 Å². The smallest absolute Gasteiger partial charge is 0.433 e. The Morgan fingerprint density at radius 2 is 1.44 bits per heavy atom. The lowest BCUT2D eigenvalue weighted by Gasteiger charge is -2.20. The van der Waals surface area contributed by atoms with Crippen LogP contribution in [0.2, 0.25) is 0 Å². The van der Waals surface area contributed by atoms with Crippen LogP contribution >= 0.6 is 0 Å². The van der Waals surface area contributed by atoms with E-state index in [-0.39, 0.29) is 17.5 Å². The van der Waals surface area contributed by atoms with Crippen molar-refractivity contribution in [2.24, 2.45) is 0 Å². The molecule has 2 heterocycles. The van der Waals surface area contributed by atoms with Gasteiger partial charge in [0.1, 0.15) is 17.3 Å². The standard InChI is InChI=1S/C16H12F6N2O3/c17-15(18,19)11-3-1-8(6-23-11)5-10(25)13(14(26)27)9-2-4-12(24-7-9)16(20,21)22/h1-4,6-7,10,13,25H,5H2,(H,26,27). The number of carboxylic acid groups (broad SMARTS) is 1. The minimum absolute atomic E-state index is 0.127. The fourth-order valence-electron chi connectivity index (χ4n) is 2.36. The molecule has 0 amide bonds. The zero-order valence-electron chi connectivity index (χ0n) is 13.3. The first-order chi connectivity index (χ1) is 12.4. The van der Waals surface area contributed by atoms with Crippen LogP contribution in [0.1, 0.15) is 28.4 Å². The van der Waals surface area contributed by atoms with E-state index in [1.807, 2.05) is 0 Å². The van der Waals surface area contributed by atoms with E-state index < -0.39 is 41.7 Å². The van der Waals surface area contributed by atoms with Crippen LogP contribution in [-0.4, -0.2) is 32.3 Å². The van der Waals surface area contributed by atoms with Crippen LogP contribution in [0.5, 0.6) is 0 Å². The summed E-state index contributed by atoms with van der Waals surface area (Å²) < 4.78 is 75.0. The van der Waals surface area contributed by atoms with Crippen molar-refractivity contribution < 1.29 is 41.4 Å². The highest BCUT2D eigenvalue weighted by molar-refractivity contribution is 5.76. The Hall–Kier alpha value is -2.69. The molecule has 27 heavy (non-hydrogen) atoms. The van der Waals surface area contributed by atoms with E-state index in [4.69, 9.17) is 0 Å². The Kier molecular flexibility index (Phi) is 5.73. The second kappa shape index (κ2) is 7.51. The molecule has 0 aliphatic heterocycles. The fraction of sp³-hybridized carbons (Fsp3) is 0.312. The molecule has 0 fully saturated rings. The average Bonchev–Trinajstić information content (AvgIpc) is 2.54. The number of rotatable bonds is 5. The van der Waals surface area contributed by atoms with Crippen molar-refractivity contribution in [1.29, 1.82) is 0 Å². The van der Waals surface area contributed by atoms with E-state index >= 15 is 0 Å². The molecule has 2 N–H and O–H groups in total. The summed E-state index contributed by atoms with van der Waals surface area (Å²) in [6, 6.07) is 3.17. The number of halogens is 6. The highest BCUT2D eigenvalue weighted by Gasteiger charge is 2.35. The molecule has 0 aromatic carbocycles. The quantitative estimate of drug-likeness (QED) is 0.761. The Labute approximate surface area is 148 Å². The number of aliphatic hydroxyl groups is 1. The second-order valence-corrected chi connectivity index (χ2v) is 5.61. The van der Waals surface area contributed by atoms with Crippen LogP contribution in [0.15, 0.2) is 36.7 Å². The lowest BCUT2D eigenvalue weighted by molar-refractivity contribution is -0.142. The summed E-state index contributed by atoms with van der Waals surface area (Å²) in [5.74, 6) is -3.15. The summed E-state index contributed by atoms with van der Waals surface area (Å²) in [7, 11) is 0. The number of carbonyl (C=O) groups is 1. The highest BCUT2D eigenvalue weighted by Crippen LogP contribution is 2.30. The van der Waals surface area contributed by atoms with Crippen molar-refractivity contribution >= 4 is 5.97 Å². The zero-order chi connectivity index (χ0) is 20.4. The number of alkyl halides is 6. The van der Waals surface area contributed by atoms with E-state index in [1.54, 1.807) is 0 Å². The first-order valence-corrected chi connectivity index (χ1v) is 7.35. The van der Waals surface area contributed by atoms with Gasteiger partial charge in [-0.05, 0) is 23.3 Å². The predicted molar refractivity (Wildman–Crippen MR) is 78.6 cm³/mol. The highest BCUT2D eigenvalue weighted by atomic mass is 19.4. The van der Waals surface area contributed by atoms with Gasteiger partial charge in [-0.25, -0.2) is 0 Å². The number of pyridine rings is 2. The molecule has 5 nitrogen and oxygen atoms in total. The Morgan fingerprint density at radius 1 is 0.926 bits per heavy atom. The number of hydrogen-bond donors (Lipinski definition) is 2. The molecule has 2 atom stereocenters. The minimum atomic E-state index is -4.71. The normalized spacial score (nSPS) is 14.6.